The van der Waals surface area contributed by atoms with E-state index in [0.29, 0.717) is 0 Å². The monoisotopic (exact) mass is 322 g/mol. The van der Waals surface area contributed by atoms with E-state index in [1.807, 2.05) is 13.8 Å². The molecule has 0 aromatic carbocycles. The van der Waals surface area contributed by atoms with Gasteiger partial charge >= 0.3 is 0 Å². The van der Waals surface area contributed by atoms with E-state index in [-0.39, 0.29) is 22.4 Å². The van der Waals surface area contributed by atoms with Gasteiger partial charge in [0, 0.05) is 12.7 Å². The number of hydrogen-bond donors (Lipinski definition) is 3. The molecule has 0 aliphatic carbocycles. The summed E-state index contributed by atoms with van der Waals surface area (Å²) < 4.78 is 26.3. The lowest BCUT2D eigenvalue weighted by Gasteiger charge is -2.20. The van der Waals surface area contributed by atoms with Gasteiger partial charge in [0.25, 0.3) is 5.56 Å². The number of H-pyrrole nitrogens is 1. The predicted molar refractivity (Wildman–Crippen MR) is 77.3 cm³/mol. The lowest BCUT2D eigenvalue weighted by Crippen LogP contribution is -2.36. The summed E-state index contributed by atoms with van der Waals surface area (Å²) in [5.74, 6) is 0.0388. The number of pyridine rings is 1. The van der Waals surface area contributed by atoms with Gasteiger partial charge in [-0.25, -0.2) is 13.1 Å². The van der Waals surface area contributed by atoms with Gasteiger partial charge in [-0.2, -0.15) is 0 Å². The van der Waals surface area contributed by atoms with Crippen molar-refractivity contribution in [2.75, 3.05) is 6.54 Å². The zero-order chi connectivity index (χ0) is 15.3. The van der Waals surface area contributed by atoms with Crippen molar-refractivity contribution in [2.24, 2.45) is 5.92 Å². The van der Waals surface area contributed by atoms with Crippen LogP contribution >= 0.6 is 11.6 Å². The first-order valence-electron chi connectivity index (χ1n) is 6.37. The van der Waals surface area contributed by atoms with Gasteiger partial charge in [0.15, 0.2) is 0 Å². The zero-order valence-electron chi connectivity index (χ0n) is 11.4. The molecule has 1 atom stereocenters. The zero-order valence-corrected chi connectivity index (χ0v) is 13.0. The van der Waals surface area contributed by atoms with Crippen molar-refractivity contribution in [3.8, 4) is 0 Å². The summed E-state index contributed by atoms with van der Waals surface area (Å²) in [6.45, 7) is 3.80. The summed E-state index contributed by atoms with van der Waals surface area (Å²) in [6.07, 6.45) is 1.85. The van der Waals surface area contributed by atoms with Gasteiger partial charge in [0.05, 0.1) is 11.0 Å². The second-order valence-corrected chi connectivity index (χ2v) is 6.68. The number of sulfonamides is 1. The highest BCUT2D eigenvalue weighted by atomic mass is 35.5. The van der Waals surface area contributed by atoms with E-state index in [1.165, 1.54) is 0 Å². The Kier molecular flexibility index (Phi) is 6.19. The van der Waals surface area contributed by atoms with E-state index in [9.17, 15) is 18.3 Å². The van der Waals surface area contributed by atoms with Crippen molar-refractivity contribution in [3.63, 3.8) is 0 Å². The molecule has 0 radical (unpaired) electrons. The van der Waals surface area contributed by atoms with Crippen LogP contribution < -0.4 is 10.3 Å². The van der Waals surface area contributed by atoms with Gasteiger partial charge in [-0.05, 0) is 12.0 Å². The van der Waals surface area contributed by atoms with Crippen LogP contribution in [0.25, 0.3) is 0 Å². The Labute approximate surface area is 123 Å². The lowest BCUT2D eigenvalue weighted by molar-refractivity contribution is 0.107. The number of hydrogen-bond acceptors (Lipinski definition) is 4. The minimum atomic E-state index is -3.81. The topological polar surface area (TPSA) is 99.3 Å². The first-order chi connectivity index (χ1) is 9.31. The van der Waals surface area contributed by atoms with E-state index >= 15 is 0 Å². The van der Waals surface area contributed by atoms with E-state index in [4.69, 9.17) is 11.6 Å². The van der Waals surface area contributed by atoms with Gasteiger partial charge in [0.1, 0.15) is 5.02 Å². The molecule has 1 aromatic rings. The fraction of sp³-hybridized carbons (Fsp3) is 0.583. The summed E-state index contributed by atoms with van der Waals surface area (Å²) in [5.41, 5.74) is -0.553. The Morgan fingerprint density at radius 1 is 1.40 bits per heavy atom. The Morgan fingerprint density at radius 2 is 2.00 bits per heavy atom. The number of nitrogens with one attached hydrogen (secondary N) is 2. The quantitative estimate of drug-likeness (QED) is 0.700. The number of aliphatic hydroxyl groups is 1. The molecule has 0 aliphatic rings. The van der Waals surface area contributed by atoms with Crippen LogP contribution in [0.3, 0.4) is 0 Å². The number of halogens is 1. The Hall–Kier alpha value is -0.890. The van der Waals surface area contributed by atoms with Gasteiger partial charge in [0.2, 0.25) is 10.0 Å². The van der Waals surface area contributed by atoms with Gasteiger partial charge in [-0.15, -0.1) is 0 Å². The molecule has 6 nitrogen and oxygen atoms in total. The predicted octanol–water partition coefficient (Wildman–Crippen LogP) is 1.10. The largest absolute Gasteiger partial charge is 0.391 e. The third-order valence-corrected chi connectivity index (χ3v) is 4.90. The van der Waals surface area contributed by atoms with Crippen molar-refractivity contribution in [1.29, 1.82) is 0 Å². The van der Waals surface area contributed by atoms with Crippen LogP contribution in [-0.2, 0) is 10.0 Å². The van der Waals surface area contributed by atoms with E-state index < -0.39 is 21.7 Å². The molecular weight excluding hydrogens is 304 g/mol. The molecule has 114 valence electrons. The summed E-state index contributed by atoms with van der Waals surface area (Å²) in [7, 11) is -3.81. The summed E-state index contributed by atoms with van der Waals surface area (Å²) >= 11 is 5.59. The molecule has 20 heavy (non-hydrogen) atoms. The highest BCUT2D eigenvalue weighted by Crippen LogP contribution is 2.14. The molecule has 0 saturated carbocycles. The standard InChI is InChI=1S/C12H19ClN2O4S/c1-3-8(4-2)11(16)7-15-20(18,19)9-5-10(13)12(17)14-6-9/h5-6,8,11,15-16H,3-4,7H2,1-2H3,(H,14,17). The maximum absolute atomic E-state index is 12.0. The van der Waals surface area contributed by atoms with Crippen LogP contribution in [0, 0.1) is 5.92 Å². The van der Waals surface area contributed by atoms with Crippen LogP contribution in [0.1, 0.15) is 26.7 Å². The van der Waals surface area contributed by atoms with Gasteiger partial charge < -0.3 is 10.1 Å². The minimum Gasteiger partial charge on any atom is -0.391 e. The third kappa shape index (κ3) is 4.31. The molecule has 8 heteroatoms. The fourth-order valence-electron chi connectivity index (χ4n) is 1.87. The molecule has 1 heterocycles. The van der Waals surface area contributed by atoms with Gasteiger partial charge in [-0.1, -0.05) is 38.3 Å². The molecule has 1 rings (SSSR count). The molecule has 1 aromatic heterocycles. The molecule has 0 amide bonds. The normalized spacial score (nSPS) is 13.7. The summed E-state index contributed by atoms with van der Waals surface area (Å²) in [4.78, 5) is 13.2. The number of aliphatic hydroxyl groups excluding tert-OH is 1. The Balaban J connectivity index is 2.80. The maximum Gasteiger partial charge on any atom is 0.266 e. The van der Waals surface area contributed by atoms with Crippen molar-refractivity contribution in [2.45, 2.75) is 37.7 Å². The molecular formula is C12H19ClN2O4S. The van der Waals surface area contributed by atoms with Crippen LogP contribution in [0.15, 0.2) is 22.0 Å². The summed E-state index contributed by atoms with van der Waals surface area (Å²) in [5, 5.41) is 9.71. The van der Waals surface area contributed by atoms with E-state index in [0.717, 1.165) is 25.1 Å². The lowest BCUT2D eigenvalue weighted by atomic mass is 9.97. The minimum absolute atomic E-state index is 0.0388. The highest BCUT2D eigenvalue weighted by Gasteiger charge is 2.20. The second-order valence-electron chi connectivity index (χ2n) is 4.51. The molecule has 0 bridgehead atoms. The number of aromatic nitrogens is 1. The molecule has 0 aliphatic heterocycles. The van der Waals surface area contributed by atoms with Crippen LogP contribution in [0.4, 0.5) is 0 Å². The Morgan fingerprint density at radius 3 is 2.50 bits per heavy atom. The Bertz CT molecular complexity index is 596. The van der Waals surface area contributed by atoms with Crippen molar-refractivity contribution in [3.05, 3.63) is 27.6 Å². The molecule has 1 unspecified atom stereocenters. The fourth-order valence-corrected chi connectivity index (χ4v) is 3.15. The average molecular weight is 323 g/mol. The summed E-state index contributed by atoms with van der Waals surface area (Å²) in [6, 6.07) is 1.08. The first-order valence-corrected chi connectivity index (χ1v) is 8.23. The van der Waals surface area contributed by atoms with Crippen LogP contribution in [-0.4, -0.2) is 31.2 Å². The molecule has 0 saturated heterocycles. The van der Waals surface area contributed by atoms with Gasteiger partial charge in [-0.3, -0.25) is 4.79 Å². The third-order valence-electron chi connectivity index (χ3n) is 3.22. The maximum atomic E-state index is 12.0. The molecule has 0 spiro atoms. The molecule has 3 N–H and O–H groups in total. The number of rotatable bonds is 7. The first kappa shape index (κ1) is 17.2. The highest BCUT2D eigenvalue weighted by molar-refractivity contribution is 7.89. The number of aromatic amines is 1. The smallest absolute Gasteiger partial charge is 0.266 e. The second kappa shape index (κ2) is 7.21. The SMILES string of the molecule is CCC(CC)C(O)CNS(=O)(=O)c1c[nH]c(=O)c(Cl)c1. The van der Waals surface area contributed by atoms with Crippen molar-refractivity contribution in [1.82, 2.24) is 9.71 Å². The average Bonchev–Trinajstić information content (AvgIpc) is 2.41. The van der Waals surface area contributed by atoms with Crippen LogP contribution in [0.5, 0.6) is 0 Å². The van der Waals surface area contributed by atoms with Crippen molar-refractivity contribution >= 4 is 21.6 Å². The van der Waals surface area contributed by atoms with E-state index in [2.05, 4.69) is 9.71 Å². The van der Waals surface area contributed by atoms with Crippen molar-refractivity contribution < 1.29 is 13.5 Å². The van der Waals surface area contributed by atoms with E-state index in [1.54, 1.807) is 0 Å². The van der Waals surface area contributed by atoms with Crippen LogP contribution in [0.2, 0.25) is 5.02 Å². The molecule has 0 fully saturated rings.